The van der Waals surface area contributed by atoms with Gasteiger partial charge in [0.25, 0.3) is 0 Å². The Morgan fingerprint density at radius 3 is 2.26 bits per heavy atom. The molecule has 2 N–H and O–H groups in total. The first-order valence-electron chi connectivity index (χ1n) is 7.81. The monoisotopic (exact) mass is 268 g/mol. The van der Waals surface area contributed by atoms with Crippen molar-refractivity contribution in [3.63, 3.8) is 0 Å². The van der Waals surface area contributed by atoms with Crippen LogP contribution in [0.4, 0.5) is 0 Å². The average Bonchev–Trinajstić information content (AvgIpc) is 3.16. The SMILES string of the molecule is CCN(CC)CC1(NC(=O)C2CCC(O)CC2)CC1. The topological polar surface area (TPSA) is 52.6 Å². The van der Waals surface area contributed by atoms with Crippen LogP contribution < -0.4 is 5.32 Å². The minimum Gasteiger partial charge on any atom is -0.393 e. The highest BCUT2D eigenvalue weighted by Gasteiger charge is 2.45. The van der Waals surface area contributed by atoms with Crippen LogP contribution in [0.2, 0.25) is 0 Å². The molecule has 0 aliphatic heterocycles. The van der Waals surface area contributed by atoms with E-state index in [1.165, 1.54) is 0 Å². The van der Waals surface area contributed by atoms with Gasteiger partial charge in [-0.3, -0.25) is 4.79 Å². The average molecular weight is 268 g/mol. The van der Waals surface area contributed by atoms with Gasteiger partial charge in [0.1, 0.15) is 0 Å². The fraction of sp³-hybridized carbons (Fsp3) is 0.933. The van der Waals surface area contributed by atoms with E-state index >= 15 is 0 Å². The van der Waals surface area contributed by atoms with Crippen molar-refractivity contribution in [1.29, 1.82) is 0 Å². The van der Waals surface area contributed by atoms with Gasteiger partial charge in [-0.05, 0) is 51.6 Å². The molecule has 0 aromatic heterocycles. The Morgan fingerprint density at radius 1 is 1.21 bits per heavy atom. The molecule has 0 radical (unpaired) electrons. The maximum atomic E-state index is 12.3. The number of aliphatic hydroxyl groups excluding tert-OH is 1. The largest absolute Gasteiger partial charge is 0.393 e. The Balaban J connectivity index is 1.81. The molecule has 2 aliphatic rings. The zero-order valence-electron chi connectivity index (χ0n) is 12.3. The molecule has 0 spiro atoms. The summed E-state index contributed by atoms with van der Waals surface area (Å²) in [6.45, 7) is 7.42. The molecule has 0 atom stereocenters. The summed E-state index contributed by atoms with van der Waals surface area (Å²) in [7, 11) is 0. The van der Waals surface area contributed by atoms with Crippen LogP contribution in [0.3, 0.4) is 0 Å². The van der Waals surface area contributed by atoms with E-state index in [0.29, 0.717) is 0 Å². The van der Waals surface area contributed by atoms with E-state index in [-0.39, 0.29) is 23.5 Å². The third kappa shape index (κ3) is 3.93. The number of carbonyl (C=O) groups is 1. The molecule has 2 aliphatic carbocycles. The molecule has 0 heterocycles. The number of likely N-dealkylation sites (N-methyl/N-ethyl adjacent to an activating group) is 1. The van der Waals surface area contributed by atoms with Gasteiger partial charge < -0.3 is 15.3 Å². The van der Waals surface area contributed by atoms with Crippen LogP contribution in [-0.4, -0.2) is 47.2 Å². The first-order valence-corrected chi connectivity index (χ1v) is 7.81. The molecule has 4 nitrogen and oxygen atoms in total. The lowest BCUT2D eigenvalue weighted by atomic mass is 9.86. The molecule has 2 rings (SSSR count). The highest BCUT2D eigenvalue weighted by atomic mass is 16.3. The summed E-state index contributed by atoms with van der Waals surface area (Å²) in [6.07, 6.45) is 5.29. The van der Waals surface area contributed by atoms with Crippen LogP contribution in [-0.2, 0) is 4.79 Å². The van der Waals surface area contributed by atoms with Crippen molar-refractivity contribution in [1.82, 2.24) is 10.2 Å². The van der Waals surface area contributed by atoms with Crippen LogP contribution in [0.25, 0.3) is 0 Å². The minimum absolute atomic E-state index is 0.0547. The maximum absolute atomic E-state index is 12.3. The molecule has 0 bridgehead atoms. The van der Waals surface area contributed by atoms with Crippen molar-refractivity contribution in [3.05, 3.63) is 0 Å². The predicted molar refractivity (Wildman–Crippen MR) is 75.9 cm³/mol. The number of carbonyl (C=O) groups excluding carboxylic acids is 1. The van der Waals surface area contributed by atoms with Crippen molar-refractivity contribution < 1.29 is 9.90 Å². The summed E-state index contributed by atoms with van der Waals surface area (Å²) in [4.78, 5) is 14.7. The lowest BCUT2D eigenvalue weighted by Gasteiger charge is -2.29. The lowest BCUT2D eigenvalue weighted by molar-refractivity contribution is -0.127. The lowest BCUT2D eigenvalue weighted by Crippen LogP contribution is -2.48. The molecule has 1 amide bonds. The van der Waals surface area contributed by atoms with Crippen LogP contribution >= 0.6 is 0 Å². The molecule has 19 heavy (non-hydrogen) atoms. The summed E-state index contributed by atoms with van der Waals surface area (Å²) in [6, 6.07) is 0. The van der Waals surface area contributed by atoms with Crippen molar-refractivity contribution in [2.45, 2.75) is 64.0 Å². The number of rotatable bonds is 6. The van der Waals surface area contributed by atoms with E-state index in [9.17, 15) is 9.90 Å². The number of aliphatic hydroxyl groups is 1. The standard InChI is InChI=1S/C15H28N2O2/c1-3-17(4-2)11-15(9-10-15)16-14(19)12-5-7-13(18)8-6-12/h12-13,18H,3-11H2,1-2H3,(H,16,19). The normalized spacial score (nSPS) is 29.3. The van der Waals surface area contributed by atoms with E-state index in [2.05, 4.69) is 24.1 Å². The third-order valence-corrected chi connectivity index (χ3v) is 4.73. The Labute approximate surface area is 116 Å². The molecule has 0 saturated heterocycles. The molecule has 0 unspecified atom stereocenters. The maximum Gasteiger partial charge on any atom is 0.223 e. The molecule has 0 aromatic rings. The molecule has 0 aromatic carbocycles. The number of amides is 1. The van der Waals surface area contributed by atoms with Crippen molar-refractivity contribution in [2.75, 3.05) is 19.6 Å². The molecular formula is C15H28N2O2. The second-order valence-electron chi connectivity index (χ2n) is 6.24. The highest BCUT2D eigenvalue weighted by molar-refractivity contribution is 5.80. The van der Waals surface area contributed by atoms with E-state index < -0.39 is 0 Å². The van der Waals surface area contributed by atoms with Crippen LogP contribution in [0.5, 0.6) is 0 Å². The summed E-state index contributed by atoms with van der Waals surface area (Å²) >= 11 is 0. The number of nitrogens with one attached hydrogen (secondary N) is 1. The molecule has 2 fully saturated rings. The molecule has 110 valence electrons. The van der Waals surface area contributed by atoms with Gasteiger partial charge in [0.15, 0.2) is 0 Å². The van der Waals surface area contributed by atoms with Crippen LogP contribution in [0.1, 0.15) is 52.4 Å². The van der Waals surface area contributed by atoms with Crippen LogP contribution in [0.15, 0.2) is 0 Å². The molecule has 2 saturated carbocycles. The quantitative estimate of drug-likeness (QED) is 0.768. The fourth-order valence-corrected chi connectivity index (χ4v) is 3.05. The van der Waals surface area contributed by atoms with Gasteiger partial charge in [0.05, 0.1) is 11.6 Å². The van der Waals surface area contributed by atoms with Crippen LogP contribution in [0, 0.1) is 5.92 Å². The van der Waals surface area contributed by atoms with Gasteiger partial charge in [-0.15, -0.1) is 0 Å². The second kappa shape index (κ2) is 6.23. The summed E-state index contributed by atoms with van der Waals surface area (Å²) in [5, 5.41) is 12.8. The first-order chi connectivity index (χ1) is 9.08. The third-order valence-electron chi connectivity index (χ3n) is 4.73. The van der Waals surface area contributed by atoms with E-state index in [1.54, 1.807) is 0 Å². The predicted octanol–water partition coefficient (Wildman–Crippen LogP) is 1.53. The van der Waals surface area contributed by atoms with Gasteiger partial charge in [-0.1, -0.05) is 13.8 Å². The Bertz CT molecular complexity index is 303. The number of hydrogen-bond donors (Lipinski definition) is 2. The molecular weight excluding hydrogens is 240 g/mol. The Morgan fingerprint density at radius 2 is 1.79 bits per heavy atom. The van der Waals surface area contributed by atoms with E-state index in [0.717, 1.165) is 58.2 Å². The van der Waals surface area contributed by atoms with Gasteiger partial charge in [0, 0.05) is 12.5 Å². The van der Waals surface area contributed by atoms with Crippen molar-refractivity contribution in [2.24, 2.45) is 5.92 Å². The van der Waals surface area contributed by atoms with Gasteiger partial charge in [-0.2, -0.15) is 0 Å². The zero-order chi connectivity index (χ0) is 13.9. The minimum atomic E-state index is -0.186. The van der Waals surface area contributed by atoms with Gasteiger partial charge in [-0.25, -0.2) is 0 Å². The zero-order valence-corrected chi connectivity index (χ0v) is 12.3. The smallest absolute Gasteiger partial charge is 0.223 e. The van der Waals surface area contributed by atoms with E-state index in [4.69, 9.17) is 0 Å². The molecule has 4 heteroatoms. The summed E-state index contributed by atoms with van der Waals surface area (Å²) in [5.41, 5.74) is 0.0547. The number of nitrogens with zero attached hydrogens (tertiary/aromatic N) is 1. The number of hydrogen-bond acceptors (Lipinski definition) is 3. The first kappa shape index (κ1) is 14.8. The Kier molecular flexibility index (Phi) is 4.85. The Hall–Kier alpha value is -0.610. The van der Waals surface area contributed by atoms with E-state index in [1.807, 2.05) is 0 Å². The summed E-state index contributed by atoms with van der Waals surface area (Å²) < 4.78 is 0. The van der Waals surface area contributed by atoms with Gasteiger partial charge in [0.2, 0.25) is 5.91 Å². The fourth-order valence-electron chi connectivity index (χ4n) is 3.05. The van der Waals surface area contributed by atoms with Crippen molar-refractivity contribution in [3.8, 4) is 0 Å². The summed E-state index contributed by atoms with van der Waals surface area (Å²) in [5.74, 6) is 0.342. The van der Waals surface area contributed by atoms with Crippen molar-refractivity contribution >= 4 is 5.91 Å². The van der Waals surface area contributed by atoms with Gasteiger partial charge >= 0.3 is 0 Å². The second-order valence-corrected chi connectivity index (χ2v) is 6.24. The highest BCUT2D eigenvalue weighted by Crippen LogP contribution is 2.37.